The van der Waals surface area contributed by atoms with Gasteiger partial charge in [0, 0.05) is 41.2 Å². The quantitative estimate of drug-likeness (QED) is 0.711. The Labute approximate surface area is 151 Å². The van der Waals surface area contributed by atoms with Crippen LogP contribution < -0.4 is 5.32 Å². The second-order valence-corrected chi connectivity index (χ2v) is 6.53. The summed E-state index contributed by atoms with van der Waals surface area (Å²) in [7, 11) is 0. The molecule has 116 valence electrons. The van der Waals surface area contributed by atoms with Gasteiger partial charge < -0.3 is 5.32 Å². The van der Waals surface area contributed by atoms with E-state index in [4.69, 9.17) is 0 Å². The molecule has 1 aliphatic heterocycles. The van der Waals surface area contributed by atoms with E-state index < -0.39 is 0 Å². The Morgan fingerprint density at radius 1 is 1.20 bits per heavy atom. The smallest absolute Gasteiger partial charge is 0.0360 e. The Morgan fingerprint density at radius 3 is 2.45 bits per heavy atom. The van der Waals surface area contributed by atoms with Crippen LogP contribution in [0.1, 0.15) is 31.4 Å². The van der Waals surface area contributed by atoms with Crippen LogP contribution in [0.25, 0.3) is 0 Å². The Hall–Kier alpha value is 0.680. The monoisotopic (exact) mass is 446 g/mol. The van der Waals surface area contributed by atoms with Gasteiger partial charge in [-0.3, -0.25) is 4.90 Å². The van der Waals surface area contributed by atoms with Crippen molar-refractivity contribution in [2.24, 2.45) is 0 Å². The Morgan fingerprint density at radius 2 is 1.85 bits per heavy atom. The summed E-state index contributed by atoms with van der Waals surface area (Å²) < 4.78 is 2.39. The number of hydrogen-bond acceptors (Lipinski definition) is 2. The van der Waals surface area contributed by atoms with Crippen LogP contribution in [0.2, 0.25) is 0 Å². The molecule has 2 nitrogen and oxygen atoms in total. The predicted octanol–water partition coefficient (Wildman–Crippen LogP) is 4.80. The molecule has 0 amide bonds. The van der Waals surface area contributed by atoms with Crippen molar-refractivity contribution < 1.29 is 0 Å². The highest BCUT2D eigenvalue weighted by Gasteiger charge is 2.23. The molecular formula is C14H22Br2Cl2N2. The maximum absolute atomic E-state index is 3.70. The Balaban J connectivity index is 0.00000180. The summed E-state index contributed by atoms with van der Waals surface area (Å²) in [6, 6.07) is 7.02. The summed E-state index contributed by atoms with van der Waals surface area (Å²) in [6.07, 6.45) is 2.43. The van der Waals surface area contributed by atoms with Crippen LogP contribution in [-0.4, -0.2) is 31.1 Å². The van der Waals surface area contributed by atoms with Gasteiger partial charge in [0.15, 0.2) is 0 Å². The van der Waals surface area contributed by atoms with E-state index >= 15 is 0 Å². The molecule has 2 rings (SSSR count). The standard InChI is InChI=1S/C14H20Br2N2.2ClH/c1-2-3-14(18-8-6-17-7-9-18)12-10-11(15)4-5-13(12)16;;/h4-5,10,14,17H,2-3,6-9H2,1H3;2*1H/t14-;;/m1../s1. The molecule has 1 atom stereocenters. The van der Waals surface area contributed by atoms with Crippen molar-refractivity contribution in [1.82, 2.24) is 10.2 Å². The SMILES string of the molecule is CCC[C@H](c1cc(Br)ccc1Br)N1CCNCC1.Cl.Cl. The van der Waals surface area contributed by atoms with Gasteiger partial charge in [0.05, 0.1) is 0 Å². The molecule has 1 fully saturated rings. The van der Waals surface area contributed by atoms with Gasteiger partial charge in [0.1, 0.15) is 0 Å². The first-order chi connectivity index (χ1) is 8.72. The van der Waals surface area contributed by atoms with Crippen LogP contribution in [0.15, 0.2) is 27.1 Å². The van der Waals surface area contributed by atoms with Crippen molar-refractivity contribution in [1.29, 1.82) is 0 Å². The summed E-state index contributed by atoms with van der Waals surface area (Å²) in [5.41, 5.74) is 1.41. The van der Waals surface area contributed by atoms with E-state index in [0.29, 0.717) is 6.04 Å². The molecule has 1 heterocycles. The first-order valence-electron chi connectivity index (χ1n) is 6.62. The van der Waals surface area contributed by atoms with Crippen molar-refractivity contribution in [2.75, 3.05) is 26.2 Å². The van der Waals surface area contributed by atoms with Crippen LogP contribution in [-0.2, 0) is 0 Å². The number of nitrogens with zero attached hydrogens (tertiary/aromatic N) is 1. The molecule has 0 aromatic heterocycles. The number of piperazine rings is 1. The molecule has 0 saturated carbocycles. The van der Waals surface area contributed by atoms with E-state index in [1.807, 2.05) is 0 Å². The normalized spacial score (nSPS) is 16.9. The van der Waals surface area contributed by atoms with E-state index in [2.05, 4.69) is 67.2 Å². The van der Waals surface area contributed by atoms with E-state index in [1.165, 1.54) is 22.9 Å². The fourth-order valence-corrected chi connectivity index (χ4v) is 3.46. The van der Waals surface area contributed by atoms with Crippen LogP contribution in [0.4, 0.5) is 0 Å². The molecule has 20 heavy (non-hydrogen) atoms. The molecule has 1 saturated heterocycles. The lowest BCUT2D eigenvalue weighted by Gasteiger charge is -2.35. The van der Waals surface area contributed by atoms with Gasteiger partial charge in [-0.15, -0.1) is 24.8 Å². The van der Waals surface area contributed by atoms with E-state index in [-0.39, 0.29) is 24.8 Å². The zero-order valence-corrected chi connectivity index (χ0v) is 16.4. The molecule has 0 radical (unpaired) electrons. The summed E-state index contributed by atoms with van der Waals surface area (Å²) >= 11 is 7.29. The largest absolute Gasteiger partial charge is 0.314 e. The lowest BCUT2D eigenvalue weighted by atomic mass is 10.00. The third kappa shape index (κ3) is 5.47. The lowest BCUT2D eigenvalue weighted by molar-refractivity contribution is 0.164. The van der Waals surface area contributed by atoms with Gasteiger partial charge in [0.2, 0.25) is 0 Å². The molecule has 0 unspecified atom stereocenters. The molecule has 0 bridgehead atoms. The zero-order valence-electron chi connectivity index (χ0n) is 11.6. The second kappa shape index (κ2) is 10.4. The molecular weight excluding hydrogens is 427 g/mol. The van der Waals surface area contributed by atoms with Gasteiger partial charge in [-0.1, -0.05) is 45.2 Å². The predicted molar refractivity (Wildman–Crippen MR) is 98.4 cm³/mol. The molecule has 6 heteroatoms. The molecule has 1 aliphatic rings. The fourth-order valence-electron chi connectivity index (χ4n) is 2.57. The van der Waals surface area contributed by atoms with Crippen molar-refractivity contribution in [3.05, 3.63) is 32.7 Å². The van der Waals surface area contributed by atoms with Crippen LogP contribution in [0, 0.1) is 0 Å². The number of rotatable bonds is 4. The van der Waals surface area contributed by atoms with E-state index in [9.17, 15) is 0 Å². The highest BCUT2D eigenvalue weighted by Crippen LogP contribution is 2.33. The fraction of sp³-hybridized carbons (Fsp3) is 0.571. The molecule has 1 N–H and O–H groups in total. The highest BCUT2D eigenvalue weighted by atomic mass is 79.9. The number of hydrogen-bond donors (Lipinski definition) is 1. The minimum Gasteiger partial charge on any atom is -0.314 e. The molecule has 1 aromatic carbocycles. The van der Waals surface area contributed by atoms with Gasteiger partial charge in [-0.2, -0.15) is 0 Å². The zero-order chi connectivity index (χ0) is 13.0. The van der Waals surface area contributed by atoms with Crippen LogP contribution in [0.5, 0.6) is 0 Å². The average Bonchev–Trinajstić information content (AvgIpc) is 2.40. The lowest BCUT2D eigenvalue weighted by Crippen LogP contribution is -2.45. The van der Waals surface area contributed by atoms with Crippen molar-refractivity contribution in [2.45, 2.75) is 25.8 Å². The third-order valence-corrected chi connectivity index (χ3v) is 4.69. The first kappa shape index (κ1) is 20.7. The first-order valence-corrected chi connectivity index (χ1v) is 8.20. The van der Waals surface area contributed by atoms with E-state index in [1.54, 1.807) is 0 Å². The molecule has 0 aliphatic carbocycles. The van der Waals surface area contributed by atoms with E-state index in [0.717, 1.165) is 30.7 Å². The van der Waals surface area contributed by atoms with Gasteiger partial charge in [0.25, 0.3) is 0 Å². The highest BCUT2D eigenvalue weighted by molar-refractivity contribution is 9.11. The van der Waals surface area contributed by atoms with Crippen molar-refractivity contribution in [3.63, 3.8) is 0 Å². The van der Waals surface area contributed by atoms with Crippen LogP contribution >= 0.6 is 56.7 Å². The summed E-state index contributed by atoms with van der Waals surface area (Å²) in [5, 5.41) is 3.43. The van der Waals surface area contributed by atoms with Gasteiger partial charge >= 0.3 is 0 Å². The minimum absolute atomic E-state index is 0. The maximum Gasteiger partial charge on any atom is 0.0360 e. The molecule has 1 aromatic rings. The Bertz CT molecular complexity index is 399. The maximum atomic E-state index is 3.70. The van der Waals surface area contributed by atoms with Gasteiger partial charge in [-0.25, -0.2) is 0 Å². The number of halogens is 4. The molecule has 0 spiro atoms. The second-order valence-electron chi connectivity index (χ2n) is 4.76. The third-order valence-electron chi connectivity index (χ3n) is 3.47. The number of benzene rings is 1. The topological polar surface area (TPSA) is 15.3 Å². The summed E-state index contributed by atoms with van der Waals surface area (Å²) in [5.74, 6) is 0. The summed E-state index contributed by atoms with van der Waals surface area (Å²) in [6.45, 7) is 6.76. The summed E-state index contributed by atoms with van der Waals surface area (Å²) in [4.78, 5) is 2.60. The van der Waals surface area contributed by atoms with Crippen molar-refractivity contribution in [3.8, 4) is 0 Å². The van der Waals surface area contributed by atoms with Crippen molar-refractivity contribution >= 4 is 56.7 Å². The average molecular weight is 449 g/mol. The van der Waals surface area contributed by atoms with Gasteiger partial charge in [-0.05, 0) is 30.2 Å². The minimum atomic E-state index is 0. The van der Waals surface area contributed by atoms with Crippen LogP contribution in [0.3, 0.4) is 0 Å². The number of nitrogens with one attached hydrogen (secondary N) is 1. The Kier molecular flexibility index (Phi) is 10.8.